The van der Waals surface area contributed by atoms with E-state index in [0.717, 1.165) is 84.6 Å². The number of nitrogens with zero attached hydrogens (tertiary/aromatic N) is 7. The number of anilines is 3. The van der Waals surface area contributed by atoms with Crippen LogP contribution in [0.1, 0.15) is 127 Å². The van der Waals surface area contributed by atoms with E-state index in [0.29, 0.717) is 114 Å². The summed E-state index contributed by atoms with van der Waals surface area (Å²) < 4.78 is 116. The van der Waals surface area contributed by atoms with Crippen LogP contribution in [0.5, 0.6) is 23.0 Å². The summed E-state index contributed by atoms with van der Waals surface area (Å²) in [5.74, 6) is -1.31. The number of hydrogen-bond acceptors (Lipinski definition) is 19. The standard InChI is InChI=1S/C35H38F6N4O6S.C16H24N2O3.C15H22N2O3.C6H11BrO2.2ClH/c1-2-7-28-33(51-23-20-29(52-22-23)35(39,40)41,12-6-14-45(28)31(48)24-21-42-13-11-25(24)34(36,37)38)32(49)44-17-15-43(16-18-44)26-8-3-4-9-27(26)50-19-5-10-30(46)47;1-2-20-16(19)8-5-13-21-15-7-4-3-6-14(15)18-11-9-17-10-12-18;1-15(2,3)20-14(19)17-10-8-16(9-11-17)12-6-4-5-7-13(12)18;1-2-9-6(8)4-3-5-7;;/h3-4,8-9,11,13,20-22,28H,2,5-7,10,12,14-19H2,1H3,(H,46,47);3-4,6-7,17H,2,5,8-13H2,1H3;4-7,18H,8-11H2,1-3H3;2-5H2,1H3;2*1H/t28-,33+;;;;;/m1...../s1. The van der Waals surface area contributed by atoms with Gasteiger partial charge in [-0.25, -0.2) is 4.79 Å². The highest BCUT2D eigenvalue weighted by Gasteiger charge is 2.56. The van der Waals surface area contributed by atoms with E-state index >= 15 is 0 Å². The van der Waals surface area contributed by atoms with E-state index < -0.39 is 63.4 Å². The molecule has 5 aromatic rings. The number of piperazine rings is 3. The summed E-state index contributed by atoms with van der Waals surface area (Å²) in [6.07, 6.45) is -4.73. The molecule has 4 aliphatic heterocycles. The zero-order valence-electron chi connectivity index (χ0n) is 59.5. The van der Waals surface area contributed by atoms with E-state index in [1.54, 1.807) is 36.1 Å². The smallest absolute Gasteiger partial charge is 0.425 e. The van der Waals surface area contributed by atoms with Crippen molar-refractivity contribution in [3.63, 3.8) is 0 Å². The third kappa shape index (κ3) is 27.3. The van der Waals surface area contributed by atoms with Crippen LogP contribution in [-0.4, -0.2) is 200 Å². The molecule has 0 bridgehead atoms. The second kappa shape index (κ2) is 43.7. The molecule has 4 aliphatic rings. The molecule has 0 spiro atoms. The zero-order valence-corrected chi connectivity index (χ0v) is 63.5. The Bertz CT molecular complexity index is 3470. The number of alkyl halides is 7. The van der Waals surface area contributed by atoms with E-state index in [4.69, 9.17) is 28.8 Å². The number of phenolic OH excluding ortho intramolecular Hbond substituents is 1. The first-order chi connectivity index (χ1) is 48.6. The second-order valence-electron chi connectivity index (χ2n) is 25.1. The molecule has 0 aliphatic carbocycles. The summed E-state index contributed by atoms with van der Waals surface area (Å²) in [6.45, 7) is 20.1. The monoisotopic (exact) mass is 1590 g/mol. The normalized spacial score (nSPS) is 16.8. The van der Waals surface area contributed by atoms with Crippen molar-refractivity contribution in [3.8, 4) is 23.0 Å². The van der Waals surface area contributed by atoms with Gasteiger partial charge < -0.3 is 73.4 Å². The lowest BCUT2D eigenvalue weighted by Gasteiger charge is -2.50. The Balaban J connectivity index is 0.000000359. The predicted molar refractivity (Wildman–Crippen MR) is 394 cm³/mol. The van der Waals surface area contributed by atoms with Crippen LogP contribution in [0.15, 0.2) is 103 Å². The molecule has 3 amide bonds. The van der Waals surface area contributed by atoms with E-state index in [1.807, 2.05) is 82.0 Å². The molecule has 0 radical (unpaired) electrons. The number of aliphatic carboxylic acids is 1. The van der Waals surface area contributed by atoms with Crippen LogP contribution < -0.4 is 34.2 Å². The van der Waals surface area contributed by atoms with Gasteiger partial charge in [-0.15, -0.1) is 36.2 Å². The van der Waals surface area contributed by atoms with E-state index in [1.165, 1.54) is 9.80 Å². The second-order valence-corrected chi connectivity index (χ2v) is 26.8. The highest BCUT2D eigenvalue weighted by Crippen LogP contribution is 2.44. The number of likely N-dealkylation sites (tertiary alicyclic amines) is 1. The number of pyridine rings is 1. The number of thiophene rings is 1. The third-order valence-electron chi connectivity index (χ3n) is 16.5. The van der Waals surface area contributed by atoms with Gasteiger partial charge in [-0.1, -0.05) is 65.7 Å². The Morgan fingerprint density at radius 3 is 1.69 bits per heavy atom. The minimum absolute atomic E-state index is 0. The van der Waals surface area contributed by atoms with E-state index in [-0.39, 0.29) is 106 Å². The van der Waals surface area contributed by atoms with Crippen LogP contribution in [0.25, 0.3) is 0 Å². The van der Waals surface area contributed by atoms with Crippen molar-refractivity contribution >= 4 is 105 Å². The van der Waals surface area contributed by atoms with Crippen molar-refractivity contribution in [3.05, 3.63) is 119 Å². The lowest BCUT2D eigenvalue weighted by molar-refractivity contribution is -0.159. The van der Waals surface area contributed by atoms with Crippen LogP contribution in [-0.2, 0) is 45.7 Å². The molecule has 32 heteroatoms. The molecule has 22 nitrogen and oxygen atoms in total. The van der Waals surface area contributed by atoms with Gasteiger partial charge in [0.1, 0.15) is 33.5 Å². The van der Waals surface area contributed by atoms with Crippen LogP contribution >= 0.6 is 52.1 Å². The Kier molecular flexibility index (Phi) is 37.3. The minimum Gasteiger partial charge on any atom is -0.506 e. The topological polar surface area (TPSA) is 243 Å². The highest BCUT2D eigenvalue weighted by atomic mass is 79.9. The molecule has 3 N–H and O–H groups in total. The number of amides is 3. The molecule has 9 rings (SSSR count). The number of halogens is 9. The summed E-state index contributed by atoms with van der Waals surface area (Å²) in [5.41, 5.74) is -1.60. The molecule has 0 saturated carbocycles. The number of carbonyl (C=O) groups is 6. The first-order valence-electron chi connectivity index (χ1n) is 34.3. The van der Waals surface area contributed by atoms with Gasteiger partial charge in [-0.3, -0.25) is 29.0 Å². The number of benzene rings is 3. The van der Waals surface area contributed by atoms with Gasteiger partial charge in [0.15, 0.2) is 0 Å². The van der Waals surface area contributed by atoms with Crippen LogP contribution in [0.3, 0.4) is 0 Å². The van der Waals surface area contributed by atoms with Crippen molar-refractivity contribution in [1.29, 1.82) is 0 Å². The number of piperidine rings is 1. The zero-order chi connectivity index (χ0) is 74.5. The molecule has 578 valence electrons. The number of ether oxygens (including phenoxy) is 6. The van der Waals surface area contributed by atoms with E-state index in [9.17, 15) is 60.2 Å². The number of para-hydroxylation sites is 6. The van der Waals surface area contributed by atoms with Crippen LogP contribution in [0.2, 0.25) is 0 Å². The summed E-state index contributed by atoms with van der Waals surface area (Å²) in [6, 6.07) is 22.9. The largest absolute Gasteiger partial charge is 0.506 e. The number of rotatable bonds is 24. The molecule has 0 unspecified atom stereocenters. The quantitative estimate of drug-likeness (QED) is 0.0171. The Morgan fingerprint density at radius 2 is 1.18 bits per heavy atom. The lowest BCUT2D eigenvalue weighted by Crippen LogP contribution is -2.69. The molecular weight excluding hydrogens is 1500 g/mol. The number of carboxylic acids is 1. The van der Waals surface area contributed by atoms with Crippen LogP contribution in [0, 0.1) is 0 Å². The molecular formula is C72H97BrCl2F6N8O14S. The van der Waals surface area contributed by atoms with Crippen molar-refractivity contribution < 1.29 is 93.7 Å². The number of hydrogen-bond donors (Lipinski definition) is 3. The SMILES string of the molecule is CC(C)(C)OC(=O)N1CCN(c2ccccc2O)CC1.CCC[C@H]1N(C(=O)c2cnccc2C(F)(F)F)CCC[C@@]1(Oc1csc(C(F)(F)F)c1)C(=O)N1CCN(c2ccccc2OCCCC(=O)O)CC1.CCOC(=O)CCCBr.CCOC(=O)CCCOc1ccccc1N1CCNCC1.Cl.Cl. The summed E-state index contributed by atoms with van der Waals surface area (Å²) >= 11 is 3.61. The summed E-state index contributed by atoms with van der Waals surface area (Å²) in [5, 5.41) is 24.1. The number of carboxylic acid groups (broad SMARTS) is 1. The molecule has 2 atom stereocenters. The number of carbonyl (C=O) groups excluding carboxylic acids is 5. The Morgan fingerprint density at radius 1 is 0.663 bits per heavy atom. The third-order valence-corrected chi connectivity index (χ3v) is 18.0. The molecule has 3 aromatic carbocycles. The number of nitrogens with one attached hydrogen (secondary N) is 1. The highest BCUT2D eigenvalue weighted by molar-refractivity contribution is 9.09. The first-order valence-corrected chi connectivity index (χ1v) is 36.3. The average molecular weight is 1600 g/mol. The minimum atomic E-state index is -4.88. The molecule has 2 aromatic heterocycles. The summed E-state index contributed by atoms with van der Waals surface area (Å²) in [7, 11) is 0. The van der Waals surface area contributed by atoms with Crippen molar-refractivity contribution in [2.75, 3.05) is 132 Å². The molecule has 6 heterocycles. The average Bonchev–Trinajstić information content (AvgIpc) is 0.998. The van der Waals surface area contributed by atoms with Gasteiger partial charge in [-0.2, -0.15) is 26.3 Å². The Hall–Kier alpha value is -7.67. The fraction of sp³-hybridized carbons (Fsp3) is 0.542. The summed E-state index contributed by atoms with van der Waals surface area (Å²) in [4.78, 5) is 87.1. The Labute approximate surface area is 628 Å². The van der Waals surface area contributed by atoms with Gasteiger partial charge >= 0.3 is 36.4 Å². The maximum absolute atomic E-state index is 14.8. The maximum Gasteiger partial charge on any atom is 0.425 e. The fourth-order valence-corrected chi connectivity index (χ4v) is 12.7. The number of aromatic nitrogens is 1. The molecule has 4 saturated heterocycles. The fourth-order valence-electron chi connectivity index (χ4n) is 11.8. The van der Waals surface area contributed by atoms with Crippen LogP contribution in [0.4, 0.5) is 48.2 Å². The molecule has 104 heavy (non-hydrogen) atoms. The number of esters is 2. The van der Waals surface area contributed by atoms with E-state index in [2.05, 4.69) is 46.8 Å². The van der Waals surface area contributed by atoms with Gasteiger partial charge in [0.2, 0.25) is 5.60 Å². The lowest BCUT2D eigenvalue weighted by atomic mass is 9.79. The van der Waals surface area contributed by atoms with Gasteiger partial charge in [-0.05, 0) is 109 Å². The van der Waals surface area contributed by atoms with Crippen molar-refractivity contribution in [1.82, 2.24) is 25.0 Å². The first kappa shape index (κ1) is 88.7. The van der Waals surface area contributed by atoms with Gasteiger partial charge in [0, 0.05) is 140 Å². The maximum atomic E-state index is 14.8. The predicted octanol–water partition coefficient (Wildman–Crippen LogP) is 13.8. The van der Waals surface area contributed by atoms with Gasteiger partial charge in [0.25, 0.3) is 11.8 Å². The van der Waals surface area contributed by atoms with Gasteiger partial charge in [0.05, 0.1) is 60.7 Å². The number of aromatic hydroxyl groups is 1. The molecule has 4 fully saturated rings. The van der Waals surface area contributed by atoms with Crippen molar-refractivity contribution in [2.45, 2.75) is 135 Å². The van der Waals surface area contributed by atoms with Crippen molar-refractivity contribution in [2.24, 2.45) is 0 Å². The number of phenols is 1.